The second-order valence-corrected chi connectivity index (χ2v) is 11.0. The predicted octanol–water partition coefficient (Wildman–Crippen LogP) is 9.44. The van der Waals surface area contributed by atoms with Crippen LogP contribution in [0.2, 0.25) is 0 Å². The molecule has 0 N–H and O–H groups in total. The van der Waals surface area contributed by atoms with Gasteiger partial charge in [0.15, 0.2) is 0 Å². The maximum atomic E-state index is 12.0. The van der Waals surface area contributed by atoms with Crippen LogP contribution in [0.4, 0.5) is 17.1 Å². The highest BCUT2D eigenvalue weighted by atomic mass is 16.5. The highest BCUT2D eigenvalue weighted by Gasteiger charge is 2.14. The molecule has 0 saturated heterocycles. The average Bonchev–Trinajstić information content (AvgIpc) is 3.00. The molecule has 3 rings (SSSR count). The van der Waals surface area contributed by atoms with E-state index in [1.165, 1.54) is 22.3 Å². The van der Waals surface area contributed by atoms with Crippen molar-refractivity contribution in [2.45, 2.75) is 80.1 Å². The molecule has 0 aliphatic carbocycles. The van der Waals surface area contributed by atoms with Crippen LogP contribution in [0.15, 0.2) is 90.0 Å². The van der Waals surface area contributed by atoms with Gasteiger partial charge in [-0.15, -0.1) is 0 Å². The molecule has 5 nitrogen and oxygen atoms in total. The fourth-order valence-electron chi connectivity index (χ4n) is 4.82. The molecule has 0 saturated carbocycles. The van der Waals surface area contributed by atoms with Crippen LogP contribution in [-0.2, 0) is 31.9 Å². The number of benzene rings is 3. The minimum atomic E-state index is -0.231. The van der Waals surface area contributed by atoms with Gasteiger partial charge < -0.3 is 14.4 Å². The molecule has 228 valence electrons. The smallest absolute Gasteiger partial charge is 0.333 e. The molecule has 0 unspecified atom stereocenters. The van der Waals surface area contributed by atoms with E-state index in [9.17, 15) is 9.59 Å². The highest BCUT2D eigenvalue weighted by Crippen LogP contribution is 2.35. The standard InChI is InChI=1S/C38H47NO4/c1-7-11-29(4)37(40)42-25-9-13-32-16-21-34(22-17-32)39(36-20-15-28(3)31(6)27-36)35-23-18-33(19-24-35)14-10-26-43-38(41)30(5)12-8-2/h11-12,15-24,27H,7-10,13-14,25-26H2,1-6H3. The number of esters is 2. The lowest BCUT2D eigenvalue weighted by molar-refractivity contribution is -0.139. The molecule has 0 aromatic heterocycles. The maximum absolute atomic E-state index is 12.0. The van der Waals surface area contributed by atoms with Gasteiger partial charge in [-0.2, -0.15) is 0 Å². The molecule has 43 heavy (non-hydrogen) atoms. The third kappa shape index (κ3) is 10.3. The van der Waals surface area contributed by atoms with Crippen LogP contribution in [-0.4, -0.2) is 25.2 Å². The number of nitrogens with zero attached hydrogens (tertiary/aromatic N) is 1. The molecule has 3 aromatic carbocycles. The van der Waals surface area contributed by atoms with Crippen molar-refractivity contribution in [3.63, 3.8) is 0 Å². The summed E-state index contributed by atoms with van der Waals surface area (Å²) in [5.41, 5.74) is 9.51. The molecule has 0 bridgehead atoms. The van der Waals surface area contributed by atoms with Crippen molar-refractivity contribution in [2.75, 3.05) is 18.1 Å². The van der Waals surface area contributed by atoms with Gasteiger partial charge in [0, 0.05) is 28.2 Å². The highest BCUT2D eigenvalue weighted by molar-refractivity contribution is 5.88. The number of hydrogen-bond donors (Lipinski definition) is 0. The fraction of sp³-hybridized carbons (Fsp3) is 0.368. The molecule has 0 fully saturated rings. The normalized spacial score (nSPS) is 11.8. The summed E-state index contributed by atoms with van der Waals surface area (Å²) in [5.74, 6) is -0.462. The monoisotopic (exact) mass is 581 g/mol. The molecule has 0 aliphatic heterocycles. The number of carbonyl (C=O) groups is 2. The lowest BCUT2D eigenvalue weighted by Crippen LogP contribution is -2.11. The molecule has 0 aliphatic rings. The van der Waals surface area contributed by atoms with Crippen LogP contribution in [0, 0.1) is 13.8 Å². The number of aryl methyl sites for hydroxylation is 4. The first kappa shape index (κ1) is 33.4. The summed E-state index contributed by atoms with van der Waals surface area (Å²) in [6.45, 7) is 12.7. The Labute approximate surface area is 258 Å². The lowest BCUT2D eigenvalue weighted by Gasteiger charge is -2.26. The average molecular weight is 582 g/mol. The molecule has 0 spiro atoms. The Kier molecular flexibility index (Phi) is 13.3. The van der Waals surface area contributed by atoms with Crippen molar-refractivity contribution in [3.05, 3.63) is 112 Å². The Bertz CT molecular complexity index is 1320. The SMILES string of the molecule is CCC=C(C)C(=O)OCCCc1ccc(N(c2ccc(CCCOC(=O)C(C)=CCC)cc2)c2ccc(C)c(C)c2)cc1. The number of allylic oxidation sites excluding steroid dienone is 2. The minimum absolute atomic E-state index is 0.231. The first-order valence-corrected chi connectivity index (χ1v) is 15.5. The van der Waals surface area contributed by atoms with Gasteiger partial charge in [0.05, 0.1) is 13.2 Å². The molecular formula is C38H47NO4. The topological polar surface area (TPSA) is 55.8 Å². The number of carbonyl (C=O) groups excluding carboxylic acids is 2. The van der Waals surface area contributed by atoms with E-state index in [0.29, 0.717) is 24.4 Å². The Hall–Kier alpha value is -4.12. The van der Waals surface area contributed by atoms with E-state index in [-0.39, 0.29) is 11.9 Å². The second-order valence-electron chi connectivity index (χ2n) is 11.0. The van der Waals surface area contributed by atoms with Crippen LogP contribution < -0.4 is 4.90 Å². The van der Waals surface area contributed by atoms with E-state index >= 15 is 0 Å². The Morgan fingerprint density at radius 2 is 1.05 bits per heavy atom. The van der Waals surface area contributed by atoms with Crippen LogP contribution in [0.25, 0.3) is 0 Å². The van der Waals surface area contributed by atoms with Crippen LogP contribution in [0.5, 0.6) is 0 Å². The van der Waals surface area contributed by atoms with E-state index in [1.54, 1.807) is 13.8 Å². The maximum Gasteiger partial charge on any atom is 0.333 e. The quantitative estimate of drug-likeness (QED) is 0.102. The van der Waals surface area contributed by atoms with Crippen molar-refractivity contribution in [2.24, 2.45) is 0 Å². The second kappa shape index (κ2) is 17.1. The Balaban J connectivity index is 1.68. The fourth-order valence-corrected chi connectivity index (χ4v) is 4.82. The third-order valence-corrected chi connectivity index (χ3v) is 7.49. The lowest BCUT2D eigenvalue weighted by atomic mass is 10.1. The van der Waals surface area contributed by atoms with Gasteiger partial charge in [-0.1, -0.05) is 56.3 Å². The van der Waals surface area contributed by atoms with E-state index in [4.69, 9.17) is 9.47 Å². The summed E-state index contributed by atoms with van der Waals surface area (Å²) in [4.78, 5) is 26.3. The summed E-state index contributed by atoms with van der Waals surface area (Å²) >= 11 is 0. The van der Waals surface area contributed by atoms with Gasteiger partial charge in [0.2, 0.25) is 0 Å². The largest absolute Gasteiger partial charge is 0.462 e. The van der Waals surface area contributed by atoms with Crippen LogP contribution >= 0.6 is 0 Å². The van der Waals surface area contributed by atoms with Gasteiger partial charge in [-0.05, 0) is 125 Å². The van der Waals surface area contributed by atoms with Crippen molar-refractivity contribution >= 4 is 29.0 Å². The number of ether oxygens (including phenoxy) is 2. The van der Waals surface area contributed by atoms with Crippen molar-refractivity contribution in [3.8, 4) is 0 Å². The summed E-state index contributed by atoms with van der Waals surface area (Å²) in [6.07, 6.45) is 8.67. The van der Waals surface area contributed by atoms with Gasteiger partial charge in [0.1, 0.15) is 0 Å². The molecule has 0 radical (unpaired) electrons. The zero-order chi connectivity index (χ0) is 31.2. The van der Waals surface area contributed by atoms with E-state index in [1.807, 2.05) is 26.0 Å². The van der Waals surface area contributed by atoms with Crippen molar-refractivity contribution in [1.82, 2.24) is 0 Å². The zero-order valence-corrected chi connectivity index (χ0v) is 26.7. The zero-order valence-electron chi connectivity index (χ0n) is 26.7. The van der Waals surface area contributed by atoms with Crippen molar-refractivity contribution in [1.29, 1.82) is 0 Å². The van der Waals surface area contributed by atoms with E-state index < -0.39 is 0 Å². The first-order valence-electron chi connectivity index (χ1n) is 15.5. The van der Waals surface area contributed by atoms with Crippen LogP contribution in [0.1, 0.15) is 75.6 Å². The van der Waals surface area contributed by atoms with Gasteiger partial charge in [-0.25, -0.2) is 9.59 Å². The summed E-state index contributed by atoms with van der Waals surface area (Å²) in [6, 6.07) is 23.8. The minimum Gasteiger partial charge on any atom is -0.462 e. The van der Waals surface area contributed by atoms with E-state index in [2.05, 4.69) is 85.5 Å². The number of rotatable bonds is 15. The molecule has 5 heteroatoms. The molecule has 0 atom stereocenters. The summed E-state index contributed by atoms with van der Waals surface area (Å²) in [7, 11) is 0. The number of hydrogen-bond acceptors (Lipinski definition) is 5. The van der Waals surface area contributed by atoms with Crippen LogP contribution in [0.3, 0.4) is 0 Å². The first-order chi connectivity index (χ1) is 20.7. The third-order valence-electron chi connectivity index (χ3n) is 7.49. The predicted molar refractivity (Wildman–Crippen MR) is 177 cm³/mol. The summed E-state index contributed by atoms with van der Waals surface area (Å²) < 4.78 is 10.8. The van der Waals surface area contributed by atoms with Gasteiger partial charge in [0.25, 0.3) is 0 Å². The van der Waals surface area contributed by atoms with E-state index in [0.717, 1.165) is 55.6 Å². The van der Waals surface area contributed by atoms with Crippen molar-refractivity contribution < 1.29 is 19.1 Å². The Morgan fingerprint density at radius 1 is 0.628 bits per heavy atom. The van der Waals surface area contributed by atoms with Gasteiger partial charge >= 0.3 is 11.9 Å². The molecule has 0 amide bonds. The molecule has 3 aromatic rings. The Morgan fingerprint density at radius 3 is 1.44 bits per heavy atom. The summed E-state index contributed by atoms with van der Waals surface area (Å²) in [5, 5.41) is 0. The molecular weight excluding hydrogens is 534 g/mol. The number of anilines is 3. The van der Waals surface area contributed by atoms with Gasteiger partial charge in [-0.3, -0.25) is 0 Å². The molecule has 0 heterocycles.